The highest BCUT2D eigenvalue weighted by atomic mass is 32.2. The average Bonchev–Trinajstić information content (AvgIpc) is 2.83. The van der Waals surface area contributed by atoms with Gasteiger partial charge in [-0.1, -0.05) is 60.7 Å². The van der Waals surface area contributed by atoms with Gasteiger partial charge in [-0.2, -0.15) is 0 Å². The minimum atomic E-state index is -3.97. The zero-order valence-corrected chi connectivity index (χ0v) is 18.4. The van der Waals surface area contributed by atoms with Gasteiger partial charge in [-0.25, -0.2) is 13.2 Å². The van der Waals surface area contributed by atoms with Gasteiger partial charge >= 0.3 is 5.97 Å². The lowest BCUT2D eigenvalue weighted by Gasteiger charge is -2.23. The molecule has 6 nitrogen and oxygen atoms in total. The maximum atomic E-state index is 13.3. The Morgan fingerprint density at radius 1 is 0.938 bits per heavy atom. The standard InChI is InChI=1S/C25H23NO5S/c1-3-17-26(22-14-8-5-9-15-22)32(29,30)23-16-10-13-21(18-23)25(28)31-19(2)24(27)20-11-6-4-7-12-20/h3-16,18-19H,1,17H2,2H3/t19-/m1/s1. The normalized spacial score (nSPS) is 11.9. The van der Waals surface area contributed by atoms with Gasteiger partial charge in [0.25, 0.3) is 10.0 Å². The van der Waals surface area contributed by atoms with Crippen LogP contribution in [0.4, 0.5) is 5.69 Å². The first-order chi connectivity index (χ1) is 15.3. The molecule has 0 unspecified atom stereocenters. The fourth-order valence-corrected chi connectivity index (χ4v) is 4.57. The summed E-state index contributed by atoms with van der Waals surface area (Å²) in [6.45, 7) is 5.18. The molecule has 0 aromatic heterocycles. The predicted molar refractivity (Wildman–Crippen MR) is 123 cm³/mol. The summed E-state index contributed by atoms with van der Waals surface area (Å²) in [4.78, 5) is 25.0. The molecular weight excluding hydrogens is 426 g/mol. The molecule has 7 heteroatoms. The SMILES string of the molecule is C=CCN(c1ccccc1)S(=O)(=O)c1cccc(C(=O)O[C@H](C)C(=O)c2ccccc2)c1. The van der Waals surface area contributed by atoms with Crippen LogP contribution in [0.25, 0.3) is 0 Å². The number of anilines is 1. The van der Waals surface area contributed by atoms with Crippen LogP contribution < -0.4 is 4.31 Å². The molecular formula is C25H23NO5S. The summed E-state index contributed by atoms with van der Waals surface area (Å²) in [6, 6.07) is 22.7. The molecule has 0 saturated carbocycles. The summed E-state index contributed by atoms with van der Waals surface area (Å²) >= 11 is 0. The number of carbonyl (C=O) groups excluding carboxylic acids is 2. The molecule has 3 rings (SSSR count). The van der Waals surface area contributed by atoms with Gasteiger partial charge in [0.15, 0.2) is 6.10 Å². The summed E-state index contributed by atoms with van der Waals surface area (Å²) in [5, 5.41) is 0. The van der Waals surface area contributed by atoms with Crippen molar-refractivity contribution in [3.8, 4) is 0 Å². The molecule has 0 radical (unpaired) electrons. The van der Waals surface area contributed by atoms with Crippen molar-refractivity contribution in [2.24, 2.45) is 0 Å². The van der Waals surface area contributed by atoms with Crippen molar-refractivity contribution in [2.75, 3.05) is 10.8 Å². The molecule has 0 aliphatic carbocycles. The summed E-state index contributed by atoms with van der Waals surface area (Å²) in [5.41, 5.74) is 0.930. The second kappa shape index (κ2) is 10.1. The Bertz CT molecular complexity index is 1210. The number of ketones is 1. The number of ether oxygens (including phenoxy) is 1. The lowest BCUT2D eigenvalue weighted by Crippen LogP contribution is -2.31. The zero-order chi connectivity index (χ0) is 23.1. The largest absolute Gasteiger partial charge is 0.451 e. The van der Waals surface area contributed by atoms with Crippen molar-refractivity contribution in [3.63, 3.8) is 0 Å². The Morgan fingerprint density at radius 2 is 1.53 bits per heavy atom. The first kappa shape index (κ1) is 23.0. The van der Waals surface area contributed by atoms with Crippen LogP contribution in [0.3, 0.4) is 0 Å². The van der Waals surface area contributed by atoms with Crippen LogP contribution in [0.5, 0.6) is 0 Å². The average molecular weight is 450 g/mol. The molecule has 0 spiro atoms. The van der Waals surface area contributed by atoms with Crippen molar-refractivity contribution in [1.82, 2.24) is 0 Å². The van der Waals surface area contributed by atoms with Crippen LogP contribution in [-0.4, -0.2) is 32.8 Å². The van der Waals surface area contributed by atoms with E-state index in [1.807, 2.05) is 0 Å². The van der Waals surface area contributed by atoms with E-state index in [-0.39, 0.29) is 22.8 Å². The Morgan fingerprint density at radius 3 is 2.16 bits per heavy atom. The van der Waals surface area contributed by atoms with Gasteiger partial charge in [0, 0.05) is 5.56 Å². The number of nitrogens with zero attached hydrogens (tertiary/aromatic N) is 1. The number of carbonyl (C=O) groups is 2. The van der Waals surface area contributed by atoms with Crippen molar-refractivity contribution in [3.05, 3.63) is 109 Å². The predicted octanol–water partition coefficient (Wildman–Crippen LogP) is 4.50. The van der Waals surface area contributed by atoms with Crippen LogP contribution in [0.15, 0.2) is 102 Å². The van der Waals surface area contributed by atoms with Crippen LogP contribution in [-0.2, 0) is 14.8 Å². The van der Waals surface area contributed by atoms with E-state index in [0.29, 0.717) is 11.3 Å². The smallest absolute Gasteiger partial charge is 0.338 e. The minimum absolute atomic E-state index is 0.0328. The van der Waals surface area contributed by atoms with Crippen LogP contribution in [0.1, 0.15) is 27.6 Å². The van der Waals surface area contributed by atoms with Crippen LogP contribution in [0, 0.1) is 0 Å². The third-order valence-electron chi connectivity index (χ3n) is 4.71. The number of Topliss-reactive ketones (excluding diaryl/α,β-unsaturated/α-hetero) is 1. The summed E-state index contributed by atoms with van der Waals surface area (Å²) in [5.74, 6) is -1.13. The van der Waals surface area contributed by atoms with E-state index in [9.17, 15) is 18.0 Å². The van der Waals surface area contributed by atoms with Gasteiger partial charge in [-0.15, -0.1) is 6.58 Å². The second-order valence-electron chi connectivity index (χ2n) is 6.97. The molecule has 0 aliphatic heterocycles. The maximum Gasteiger partial charge on any atom is 0.338 e. The number of esters is 1. The van der Waals surface area contributed by atoms with Gasteiger partial charge in [0.1, 0.15) is 0 Å². The molecule has 3 aromatic carbocycles. The number of hydrogen-bond acceptors (Lipinski definition) is 5. The fraction of sp³-hybridized carbons (Fsp3) is 0.120. The highest BCUT2D eigenvalue weighted by Crippen LogP contribution is 2.24. The Kier molecular flexibility index (Phi) is 7.22. The van der Waals surface area contributed by atoms with Gasteiger partial charge in [-0.3, -0.25) is 9.10 Å². The molecule has 0 fully saturated rings. The van der Waals surface area contributed by atoms with Crippen molar-refractivity contribution < 1.29 is 22.7 Å². The molecule has 1 atom stereocenters. The highest BCUT2D eigenvalue weighted by molar-refractivity contribution is 7.92. The second-order valence-corrected chi connectivity index (χ2v) is 8.83. The van der Waals surface area contributed by atoms with Crippen molar-refractivity contribution >= 4 is 27.5 Å². The Hall–Kier alpha value is -3.71. The molecule has 3 aromatic rings. The first-order valence-corrected chi connectivity index (χ1v) is 11.4. The third kappa shape index (κ3) is 5.12. The molecule has 0 saturated heterocycles. The highest BCUT2D eigenvalue weighted by Gasteiger charge is 2.26. The maximum absolute atomic E-state index is 13.3. The lowest BCUT2D eigenvalue weighted by molar-refractivity contribution is 0.0318. The van der Waals surface area contributed by atoms with Gasteiger partial charge in [-0.05, 0) is 37.3 Å². The molecule has 0 heterocycles. The summed E-state index contributed by atoms with van der Waals surface area (Å²) < 4.78 is 33.1. The quantitative estimate of drug-likeness (QED) is 0.273. The third-order valence-corrected chi connectivity index (χ3v) is 6.50. The van der Waals surface area contributed by atoms with Crippen LogP contribution in [0.2, 0.25) is 0 Å². The van der Waals surface area contributed by atoms with E-state index in [4.69, 9.17) is 4.74 Å². The topological polar surface area (TPSA) is 80.8 Å². The molecule has 0 aliphatic rings. The van der Waals surface area contributed by atoms with Crippen LogP contribution >= 0.6 is 0 Å². The van der Waals surface area contributed by atoms with Gasteiger partial charge in [0.2, 0.25) is 5.78 Å². The van der Waals surface area contributed by atoms with E-state index >= 15 is 0 Å². The van der Waals surface area contributed by atoms with Crippen molar-refractivity contribution in [2.45, 2.75) is 17.9 Å². The monoisotopic (exact) mass is 449 g/mol. The van der Waals surface area contributed by atoms with E-state index in [2.05, 4.69) is 6.58 Å². The summed E-state index contributed by atoms with van der Waals surface area (Å²) in [6.07, 6.45) is 0.464. The number of hydrogen-bond donors (Lipinski definition) is 0. The van der Waals surface area contributed by atoms with E-state index in [1.165, 1.54) is 41.6 Å². The number of rotatable bonds is 9. The van der Waals surface area contributed by atoms with Gasteiger partial charge in [0.05, 0.1) is 22.7 Å². The number of benzene rings is 3. The first-order valence-electron chi connectivity index (χ1n) is 9.93. The van der Waals surface area contributed by atoms with E-state index < -0.39 is 22.1 Å². The van der Waals surface area contributed by atoms with Crippen molar-refractivity contribution in [1.29, 1.82) is 0 Å². The summed E-state index contributed by atoms with van der Waals surface area (Å²) in [7, 11) is -3.97. The Labute approximate surface area is 187 Å². The molecule has 0 N–H and O–H groups in total. The number of para-hydroxylation sites is 1. The molecule has 0 bridgehead atoms. The van der Waals surface area contributed by atoms with Gasteiger partial charge < -0.3 is 4.74 Å². The fourth-order valence-electron chi connectivity index (χ4n) is 3.08. The molecule has 0 amide bonds. The molecule has 164 valence electrons. The lowest BCUT2D eigenvalue weighted by atomic mass is 10.1. The molecule has 32 heavy (non-hydrogen) atoms. The Balaban J connectivity index is 1.84. The van der Waals surface area contributed by atoms with E-state index in [1.54, 1.807) is 60.7 Å². The van der Waals surface area contributed by atoms with E-state index in [0.717, 1.165) is 0 Å². The number of sulfonamides is 1. The minimum Gasteiger partial charge on any atom is -0.451 e. The zero-order valence-electron chi connectivity index (χ0n) is 17.5.